The lowest BCUT2D eigenvalue weighted by atomic mass is 9.93. The molecule has 21 heavy (non-hydrogen) atoms. The number of carbonyl (C=O) groups excluding carboxylic acids is 1. The Balaban J connectivity index is 4.96. The highest BCUT2D eigenvalue weighted by Gasteiger charge is 2.37. The molecule has 2 N–H and O–H groups in total. The third kappa shape index (κ3) is 6.33. The van der Waals surface area contributed by atoms with Gasteiger partial charge < -0.3 is 20.2 Å². The van der Waals surface area contributed by atoms with Gasteiger partial charge in [0.25, 0.3) is 0 Å². The zero-order chi connectivity index (χ0) is 16.6. The average Bonchev–Trinajstić information content (AvgIpc) is 2.39. The molecule has 0 radical (unpaired) electrons. The van der Waals surface area contributed by atoms with Gasteiger partial charge in [-0.15, -0.1) is 0 Å². The molecule has 0 heterocycles. The number of aliphatic carboxylic acids is 1. The number of nitrogens with zero attached hydrogens (tertiary/aromatic N) is 2. The van der Waals surface area contributed by atoms with Gasteiger partial charge >= 0.3 is 12.0 Å². The van der Waals surface area contributed by atoms with Gasteiger partial charge in [0.2, 0.25) is 0 Å². The van der Waals surface area contributed by atoms with Gasteiger partial charge in [-0.3, -0.25) is 0 Å². The van der Waals surface area contributed by atoms with Gasteiger partial charge in [-0.2, -0.15) is 0 Å². The molecule has 0 atom stereocenters. The second kappa shape index (κ2) is 8.87. The predicted molar refractivity (Wildman–Crippen MR) is 84.4 cm³/mol. The summed E-state index contributed by atoms with van der Waals surface area (Å²) in [6, 6.07) is -0.295. The van der Waals surface area contributed by atoms with E-state index >= 15 is 0 Å². The molecule has 0 rings (SSSR count). The van der Waals surface area contributed by atoms with E-state index in [0.717, 1.165) is 6.54 Å². The van der Waals surface area contributed by atoms with E-state index in [2.05, 4.69) is 5.32 Å². The lowest BCUT2D eigenvalue weighted by molar-refractivity contribution is -0.144. The molecule has 0 saturated carbocycles. The molecule has 0 saturated heterocycles. The summed E-state index contributed by atoms with van der Waals surface area (Å²) in [6.07, 6.45) is 0.738. The second-order valence-electron chi connectivity index (χ2n) is 6.17. The summed E-state index contributed by atoms with van der Waals surface area (Å²) in [4.78, 5) is 27.7. The molecule has 0 spiro atoms. The van der Waals surface area contributed by atoms with E-state index in [1.165, 1.54) is 0 Å². The van der Waals surface area contributed by atoms with E-state index in [9.17, 15) is 14.7 Å². The summed E-state index contributed by atoms with van der Waals surface area (Å²) in [5, 5.41) is 12.1. The highest BCUT2D eigenvalue weighted by Crippen LogP contribution is 2.16. The minimum Gasteiger partial charge on any atom is -0.480 e. The standard InChI is InChI=1S/C15H31N3O3/c1-7-15(8-2,13(19)20)16-14(21)18(11-12(3)4)10-9-17(5)6/h12H,7-11H2,1-6H3,(H,16,21)(H,19,20). The SMILES string of the molecule is CCC(CC)(NC(=O)N(CCN(C)C)CC(C)C)C(=O)O. The van der Waals surface area contributed by atoms with Crippen LogP contribution in [-0.2, 0) is 4.79 Å². The average molecular weight is 301 g/mol. The molecular weight excluding hydrogens is 270 g/mol. The monoisotopic (exact) mass is 301 g/mol. The fourth-order valence-electron chi connectivity index (χ4n) is 2.10. The smallest absolute Gasteiger partial charge is 0.329 e. The van der Waals surface area contributed by atoms with Gasteiger partial charge in [0, 0.05) is 19.6 Å². The second-order valence-corrected chi connectivity index (χ2v) is 6.17. The zero-order valence-corrected chi connectivity index (χ0v) is 14.3. The van der Waals surface area contributed by atoms with Crippen LogP contribution in [0.1, 0.15) is 40.5 Å². The Morgan fingerprint density at radius 3 is 2.00 bits per heavy atom. The summed E-state index contributed by atoms with van der Waals surface area (Å²) in [7, 11) is 3.90. The van der Waals surface area contributed by atoms with Gasteiger partial charge in [-0.25, -0.2) is 9.59 Å². The topological polar surface area (TPSA) is 72.9 Å². The molecule has 0 bridgehead atoms. The summed E-state index contributed by atoms with van der Waals surface area (Å²) in [5.74, 6) is -0.640. The van der Waals surface area contributed by atoms with Crippen LogP contribution in [0.4, 0.5) is 4.79 Å². The molecule has 0 aromatic carbocycles. The van der Waals surface area contributed by atoms with Crippen LogP contribution in [0.3, 0.4) is 0 Å². The summed E-state index contributed by atoms with van der Waals surface area (Å²) in [6.45, 7) is 9.59. The van der Waals surface area contributed by atoms with Crippen molar-refractivity contribution in [2.75, 3.05) is 33.7 Å². The number of carboxylic acid groups (broad SMARTS) is 1. The highest BCUT2D eigenvalue weighted by atomic mass is 16.4. The van der Waals surface area contributed by atoms with E-state index in [1.54, 1.807) is 18.7 Å². The quantitative estimate of drug-likeness (QED) is 0.682. The third-order valence-corrected chi connectivity index (χ3v) is 3.65. The van der Waals surface area contributed by atoms with E-state index in [-0.39, 0.29) is 6.03 Å². The number of carbonyl (C=O) groups is 2. The van der Waals surface area contributed by atoms with Crippen molar-refractivity contribution in [2.24, 2.45) is 5.92 Å². The zero-order valence-electron chi connectivity index (χ0n) is 14.3. The van der Waals surface area contributed by atoms with Crippen LogP contribution in [0.25, 0.3) is 0 Å². The fraction of sp³-hybridized carbons (Fsp3) is 0.867. The summed E-state index contributed by atoms with van der Waals surface area (Å²) >= 11 is 0. The molecule has 0 aromatic rings. The Morgan fingerprint density at radius 2 is 1.67 bits per heavy atom. The number of hydrogen-bond donors (Lipinski definition) is 2. The first-order valence-corrected chi connectivity index (χ1v) is 7.63. The minimum absolute atomic E-state index is 0.295. The molecule has 6 heteroatoms. The Labute approximate surface area is 128 Å². The summed E-state index contributed by atoms with van der Waals surface area (Å²) in [5.41, 5.74) is -1.18. The Kier molecular flexibility index (Phi) is 8.32. The van der Waals surface area contributed by atoms with Gasteiger partial charge in [0.1, 0.15) is 5.54 Å². The van der Waals surface area contributed by atoms with E-state index in [4.69, 9.17) is 0 Å². The number of carboxylic acids is 1. The molecule has 2 amide bonds. The van der Waals surface area contributed by atoms with Gasteiger partial charge in [-0.05, 0) is 32.9 Å². The van der Waals surface area contributed by atoms with Crippen molar-refractivity contribution in [3.63, 3.8) is 0 Å². The van der Waals surface area contributed by atoms with Crippen LogP contribution in [0.15, 0.2) is 0 Å². The number of amides is 2. The Morgan fingerprint density at radius 1 is 1.14 bits per heavy atom. The van der Waals surface area contributed by atoms with Crippen molar-refractivity contribution in [2.45, 2.75) is 46.1 Å². The number of rotatable bonds is 9. The number of urea groups is 1. The largest absolute Gasteiger partial charge is 0.480 e. The minimum atomic E-state index is -1.18. The molecule has 0 unspecified atom stereocenters. The molecule has 6 nitrogen and oxygen atoms in total. The number of nitrogens with one attached hydrogen (secondary N) is 1. The molecule has 0 aliphatic carbocycles. The molecule has 0 fully saturated rings. The molecule has 0 aliphatic rings. The lowest BCUT2D eigenvalue weighted by Gasteiger charge is -2.33. The van der Waals surface area contributed by atoms with Crippen LogP contribution < -0.4 is 5.32 Å². The van der Waals surface area contributed by atoms with Crippen molar-refractivity contribution in [1.29, 1.82) is 0 Å². The fourth-order valence-corrected chi connectivity index (χ4v) is 2.10. The first-order valence-electron chi connectivity index (χ1n) is 7.63. The van der Waals surface area contributed by atoms with Crippen molar-refractivity contribution >= 4 is 12.0 Å². The van der Waals surface area contributed by atoms with Gasteiger partial charge in [-0.1, -0.05) is 27.7 Å². The third-order valence-electron chi connectivity index (χ3n) is 3.65. The van der Waals surface area contributed by atoms with Crippen molar-refractivity contribution in [3.8, 4) is 0 Å². The van der Waals surface area contributed by atoms with Crippen LogP contribution in [0, 0.1) is 5.92 Å². The predicted octanol–water partition coefficient (Wildman–Crippen LogP) is 1.86. The van der Waals surface area contributed by atoms with Crippen LogP contribution in [0.5, 0.6) is 0 Å². The number of hydrogen-bond acceptors (Lipinski definition) is 3. The van der Waals surface area contributed by atoms with E-state index in [1.807, 2.05) is 32.8 Å². The van der Waals surface area contributed by atoms with Crippen LogP contribution in [-0.4, -0.2) is 66.2 Å². The maximum absolute atomic E-state index is 12.5. The summed E-state index contributed by atoms with van der Waals surface area (Å²) < 4.78 is 0. The van der Waals surface area contributed by atoms with E-state index < -0.39 is 11.5 Å². The maximum atomic E-state index is 12.5. The first kappa shape index (κ1) is 19.7. The highest BCUT2D eigenvalue weighted by molar-refractivity contribution is 5.86. The lowest BCUT2D eigenvalue weighted by Crippen LogP contribution is -2.58. The normalized spacial score (nSPS) is 11.8. The molecule has 0 aliphatic heterocycles. The first-order chi connectivity index (χ1) is 9.68. The Hall–Kier alpha value is -1.30. The maximum Gasteiger partial charge on any atom is 0.329 e. The van der Waals surface area contributed by atoms with Crippen LogP contribution in [0.2, 0.25) is 0 Å². The van der Waals surface area contributed by atoms with Crippen molar-refractivity contribution < 1.29 is 14.7 Å². The van der Waals surface area contributed by atoms with Crippen LogP contribution >= 0.6 is 0 Å². The molecule has 124 valence electrons. The van der Waals surface area contributed by atoms with Gasteiger partial charge in [0.15, 0.2) is 0 Å². The molecule has 0 aromatic heterocycles. The Bertz CT molecular complexity index is 339. The van der Waals surface area contributed by atoms with Crippen molar-refractivity contribution in [3.05, 3.63) is 0 Å². The van der Waals surface area contributed by atoms with Crippen molar-refractivity contribution in [1.82, 2.24) is 15.1 Å². The molecular formula is C15H31N3O3. The number of likely N-dealkylation sites (N-methyl/N-ethyl adjacent to an activating group) is 1. The van der Waals surface area contributed by atoms with Gasteiger partial charge in [0.05, 0.1) is 0 Å². The van der Waals surface area contributed by atoms with E-state index in [0.29, 0.717) is 31.8 Å².